The molecular weight excluding hydrogens is 575 g/mol. The van der Waals surface area contributed by atoms with E-state index >= 15 is 0 Å². The van der Waals surface area contributed by atoms with Crippen LogP contribution in [0.5, 0.6) is 5.75 Å². The quantitative estimate of drug-likeness (QED) is 0.210. The summed E-state index contributed by atoms with van der Waals surface area (Å²) in [6.07, 6.45) is 3.50. The first-order valence-electron chi connectivity index (χ1n) is 13.5. The zero-order chi connectivity index (χ0) is 31.6. The molecule has 0 aliphatic rings. The molecule has 4 aromatic rings. The Bertz CT molecular complexity index is 1860. The standard InChI is InChI=1S/C30H33FN6O5S/c1-17(2)34-28(39)30(5,6)37-25(38)24-19(4)26(36-12-8-11-33-36)43-27(24)35(29(37)40)15-23(42-16-18(3)14-32)21-13-20(31)9-10-22(21)41-7/h8-13,16-17,23H,15H2,1-7H3,(H,34,39)/b18-16+/t23-/m0/s1. The number of nitriles is 1. The number of amides is 1. The fourth-order valence-electron chi connectivity index (χ4n) is 4.68. The summed E-state index contributed by atoms with van der Waals surface area (Å²) in [5.41, 5.74) is -1.90. The van der Waals surface area contributed by atoms with Gasteiger partial charge in [0.2, 0.25) is 5.91 Å². The highest BCUT2D eigenvalue weighted by atomic mass is 32.1. The van der Waals surface area contributed by atoms with Gasteiger partial charge in [0, 0.05) is 29.6 Å². The van der Waals surface area contributed by atoms with Gasteiger partial charge in [0.25, 0.3) is 5.56 Å². The van der Waals surface area contributed by atoms with E-state index in [-0.39, 0.29) is 29.1 Å². The third-order valence-electron chi connectivity index (χ3n) is 6.91. The average Bonchev–Trinajstić information content (AvgIpc) is 3.60. The first-order valence-corrected chi connectivity index (χ1v) is 14.3. The molecule has 0 fully saturated rings. The van der Waals surface area contributed by atoms with E-state index in [0.29, 0.717) is 21.1 Å². The lowest BCUT2D eigenvalue weighted by atomic mass is 10.0. The molecular formula is C30H33FN6O5S. The van der Waals surface area contributed by atoms with Crippen molar-refractivity contribution < 1.29 is 18.7 Å². The molecule has 0 spiro atoms. The van der Waals surface area contributed by atoms with Crippen molar-refractivity contribution in [2.24, 2.45) is 0 Å². The summed E-state index contributed by atoms with van der Waals surface area (Å²) in [5.74, 6) is -0.782. The summed E-state index contributed by atoms with van der Waals surface area (Å²) in [6, 6.07) is 7.36. The molecule has 13 heteroatoms. The van der Waals surface area contributed by atoms with Crippen LogP contribution in [0.15, 0.2) is 58.1 Å². The van der Waals surface area contributed by atoms with Crippen molar-refractivity contribution in [3.63, 3.8) is 0 Å². The van der Waals surface area contributed by atoms with Gasteiger partial charge in [0.05, 0.1) is 36.9 Å². The lowest BCUT2D eigenvalue weighted by Gasteiger charge is -2.28. The summed E-state index contributed by atoms with van der Waals surface area (Å²) in [5, 5.41) is 17.2. The van der Waals surface area contributed by atoms with Crippen LogP contribution in [0.3, 0.4) is 0 Å². The highest BCUT2D eigenvalue weighted by Gasteiger charge is 2.36. The Kier molecular flexibility index (Phi) is 8.91. The van der Waals surface area contributed by atoms with E-state index in [1.807, 2.05) is 6.07 Å². The third-order valence-corrected chi connectivity index (χ3v) is 8.21. The van der Waals surface area contributed by atoms with Crippen LogP contribution in [0.1, 0.15) is 51.8 Å². The molecule has 4 rings (SSSR count). The molecule has 226 valence electrons. The SMILES string of the molecule is COc1ccc(F)cc1[C@H](Cn1c(=O)n(C(C)(C)C(=O)NC(C)C)c(=O)c2c(C)c(-n3cccn3)sc21)O/C=C(\C)C#N. The number of aryl methyl sites for hydroxylation is 1. The maximum absolute atomic E-state index is 14.5. The number of hydrogen-bond acceptors (Lipinski definition) is 8. The maximum atomic E-state index is 14.5. The van der Waals surface area contributed by atoms with Gasteiger partial charge in [-0.2, -0.15) is 10.4 Å². The molecule has 0 saturated carbocycles. The molecule has 0 aliphatic carbocycles. The van der Waals surface area contributed by atoms with Crippen molar-refractivity contribution in [3.8, 4) is 16.8 Å². The number of methoxy groups -OCH3 is 1. The third kappa shape index (κ3) is 5.96. The van der Waals surface area contributed by atoms with E-state index in [4.69, 9.17) is 9.47 Å². The number of carbonyl (C=O) groups excluding carboxylic acids is 1. The number of allylic oxidation sites excluding steroid dienone is 1. The van der Waals surface area contributed by atoms with E-state index in [0.717, 1.165) is 4.57 Å². The van der Waals surface area contributed by atoms with Crippen molar-refractivity contribution in [1.29, 1.82) is 5.26 Å². The van der Waals surface area contributed by atoms with Crippen molar-refractivity contribution in [1.82, 2.24) is 24.2 Å². The Morgan fingerprint density at radius 3 is 2.63 bits per heavy atom. The molecule has 0 aliphatic heterocycles. The van der Waals surface area contributed by atoms with Crippen LogP contribution in [0.2, 0.25) is 0 Å². The van der Waals surface area contributed by atoms with Crippen LogP contribution in [0.25, 0.3) is 15.2 Å². The first kappa shape index (κ1) is 31.2. The largest absolute Gasteiger partial charge is 0.496 e. The maximum Gasteiger partial charge on any atom is 0.333 e. The van der Waals surface area contributed by atoms with Gasteiger partial charge in [0.1, 0.15) is 33.0 Å². The summed E-state index contributed by atoms with van der Waals surface area (Å²) >= 11 is 1.18. The second kappa shape index (κ2) is 12.3. The molecule has 1 atom stereocenters. The van der Waals surface area contributed by atoms with Gasteiger partial charge in [0.15, 0.2) is 0 Å². The minimum Gasteiger partial charge on any atom is -0.496 e. The number of hydrogen-bond donors (Lipinski definition) is 1. The zero-order valence-corrected chi connectivity index (χ0v) is 25.8. The van der Waals surface area contributed by atoms with Crippen LogP contribution < -0.4 is 21.3 Å². The Labute approximate surface area is 251 Å². The monoisotopic (exact) mass is 608 g/mol. The zero-order valence-electron chi connectivity index (χ0n) is 25.0. The Hall–Kier alpha value is -4.70. The first-order chi connectivity index (χ1) is 20.3. The Morgan fingerprint density at radius 1 is 1.30 bits per heavy atom. The minimum absolute atomic E-state index is 0.217. The second-order valence-electron chi connectivity index (χ2n) is 10.8. The number of aromatic nitrogens is 4. The van der Waals surface area contributed by atoms with Gasteiger partial charge in [-0.25, -0.2) is 18.4 Å². The molecule has 11 nitrogen and oxygen atoms in total. The number of rotatable bonds is 10. The fraction of sp³-hybridized carbons (Fsp3) is 0.367. The fourth-order valence-corrected chi connectivity index (χ4v) is 5.93. The highest BCUT2D eigenvalue weighted by molar-refractivity contribution is 7.21. The summed E-state index contributed by atoms with van der Waals surface area (Å²) < 4.78 is 29.8. The van der Waals surface area contributed by atoms with Crippen molar-refractivity contribution in [2.45, 2.75) is 65.8 Å². The molecule has 0 bridgehead atoms. The van der Waals surface area contributed by atoms with E-state index in [1.165, 1.54) is 61.3 Å². The van der Waals surface area contributed by atoms with Gasteiger partial charge in [-0.15, -0.1) is 0 Å². The predicted octanol–water partition coefficient (Wildman–Crippen LogP) is 4.31. The Morgan fingerprint density at radius 2 is 2.02 bits per heavy atom. The minimum atomic E-state index is -1.58. The number of carbonyl (C=O) groups is 1. The summed E-state index contributed by atoms with van der Waals surface area (Å²) in [4.78, 5) is 42.1. The molecule has 1 amide bonds. The normalized spacial score (nSPS) is 12.8. The van der Waals surface area contributed by atoms with Crippen LogP contribution in [-0.4, -0.2) is 38.0 Å². The molecule has 1 N–H and O–H groups in total. The number of fused-ring (bicyclic) bond motifs is 1. The lowest BCUT2D eigenvalue weighted by molar-refractivity contribution is -0.129. The number of nitrogens with one attached hydrogen (secondary N) is 1. The van der Waals surface area contributed by atoms with Crippen LogP contribution in [-0.2, 0) is 21.6 Å². The lowest BCUT2D eigenvalue weighted by Crippen LogP contribution is -2.56. The number of ether oxygens (including phenoxy) is 2. The highest BCUT2D eigenvalue weighted by Crippen LogP contribution is 2.34. The molecule has 1 aromatic carbocycles. The Balaban J connectivity index is 2.06. The van der Waals surface area contributed by atoms with Gasteiger partial charge in [-0.3, -0.25) is 14.2 Å². The van der Waals surface area contributed by atoms with E-state index < -0.39 is 34.6 Å². The number of thiophene rings is 1. The van der Waals surface area contributed by atoms with Gasteiger partial charge < -0.3 is 14.8 Å². The van der Waals surface area contributed by atoms with Crippen LogP contribution >= 0.6 is 11.3 Å². The molecule has 3 aromatic heterocycles. The second-order valence-corrected chi connectivity index (χ2v) is 11.8. The van der Waals surface area contributed by atoms with Crippen molar-refractivity contribution in [2.75, 3.05) is 7.11 Å². The van der Waals surface area contributed by atoms with E-state index in [2.05, 4.69) is 10.4 Å². The molecule has 3 heterocycles. The number of halogens is 1. The van der Waals surface area contributed by atoms with Gasteiger partial charge in [-0.05, 0) is 65.8 Å². The predicted molar refractivity (Wildman–Crippen MR) is 161 cm³/mol. The van der Waals surface area contributed by atoms with E-state index in [9.17, 15) is 24.0 Å². The smallest absolute Gasteiger partial charge is 0.333 e. The van der Waals surface area contributed by atoms with Crippen LogP contribution in [0.4, 0.5) is 4.39 Å². The van der Waals surface area contributed by atoms with Crippen molar-refractivity contribution in [3.05, 3.63) is 86.3 Å². The van der Waals surface area contributed by atoms with Gasteiger partial charge >= 0.3 is 5.69 Å². The van der Waals surface area contributed by atoms with E-state index in [1.54, 1.807) is 50.8 Å². The van der Waals surface area contributed by atoms with Crippen molar-refractivity contribution >= 4 is 27.5 Å². The average molecular weight is 609 g/mol. The number of benzene rings is 1. The van der Waals surface area contributed by atoms with Gasteiger partial charge in [-0.1, -0.05) is 11.3 Å². The molecule has 0 saturated heterocycles. The molecule has 43 heavy (non-hydrogen) atoms. The molecule has 0 unspecified atom stereocenters. The number of nitrogens with zero attached hydrogens (tertiary/aromatic N) is 5. The molecule has 0 radical (unpaired) electrons. The topological polar surface area (TPSA) is 133 Å². The summed E-state index contributed by atoms with van der Waals surface area (Å²) in [7, 11) is 1.42. The summed E-state index contributed by atoms with van der Waals surface area (Å²) in [6.45, 7) is 9.64. The van der Waals surface area contributed by atoms with Crippen LogP contribution in [0, 0.1) is 24.1 Å².